The van der Waals surface area contributed by atoms with Crippen LogP contribution in [0.25, 0.3) is 0 Å². The van der Waals surface area contributed by atoms with Gasteiger partial charge < -0.3 is 64.2 Å². The lowest BCUT2D eigenvalue weighted by molar-refractivity contribution is -0.332. The molecule has 15 heteroatoms. The van der Waals surface area contributed by atoms with Crippen molar-refractivity contribution in [2.75, 3.05) is 26.4 Å². The Kier molecular flexibility index (Phi) is 39.0. The molecular weight excluding hydrogens is 925 g/mol. The van der Waals surface area contributed by atoms with Gasteiger partial charge in [0.15, 0.2) is 18.7 Å². The number of unbranched alkanes of at least 4 members (excludes halogenated alkanes) is 17. The predicted octanol–water partition coefficient (Wildman–Crippen LogP) is 8.60. The van der Waals surface area contributed by atoms with Crippen LogP contribution in [0.2, 0.25) is 0 Å². The van der Waals surface area contributed by atoms with Crippen molar-refractivity contribution in [1.29, 1.82) is 0 Å². The molecule has 2 aliphatic heterocycles. The summed E-state index contributed by atoms with van der Waals surface area (Å²) in [5, 5.41) is 72.2. The minimum atomic E-state index is -1.78. The molecular formula is C57H96O15. The van der Waals surface area contributed by atoms with Crippen molar-refractivity contribution in [3.8, 4) is 0 Å². The zero-order chi connectivity index (χ0) is 52.4. The van der Waals surface area contributed by atoms with E-state index in [9.17, 15) is 45.3 Å². The number of carbonyl (C=O) groups is 2. The van der Waals surface area contributed by atoms with E-state index in [1.807, 2.05) is 12.2 Å². The van der Waals surface area contributed by atoms with Crippen LogP contribution in [0.1, 0.15) is 181 Å². The first-order valence-corrected chi connectivity index (χ1v) is 27.5. The van der Waals surface area contributed by atoms with Crippen LogP contribution < -0.4 is 0 Å². The van der Waals surface area contributed by atoms with E-state index in [1.54, 1.807) is 0 Å². The van der Waals surface area contributed by atoms with Gasteiger partial charge in [-0.2, -0.15) is 0 Å². The molecule has 2 aliphatic rings. The standard InChI is InChI=1S/C57H96O15/c1-3-5-7-9-11-13-15-17-19-20-21-22-23-24-26-28-30-32-34-36-38-40-49(60)70-45(42-67-48(59)39-37-35-33-31-29-27-25-18-16-14-12-10-8-6-4-2)43-68-56-55(66)53(64)51(62)47(72-56)44-69-57-54(65)52(63)50(61)46(41-58)71-57/h14,16,18-20,22-23,25-26,28,32,34,45-47,50-58,61-66H,3-13,15,17,21,24,27,29-31,33,35-44H2,1-2H3/b16-14+,20-19+,23-22+,25-18+,28-26+,34-32+/t45-,46+,47+,50-,51-,52?,53?,54?,55?,56+,57+/m1/s1. The molecule has 0 saturated carbocycles. The van der Waals surface area contributed by atoms with Gasteiger partial charge in [0.05, 0.1) is 19.8 Å². The molecule has 0 aliphatic carbocycles. The molecule has 15 nitrogen and oxygen atoms in total. The number of allylic oxidation sites excluding steroid dienone is 12. The number of hydrogen-bond acceptors (Lipinski definition) is 15. The van der Waals surface area contributed by atoms with E-state index in [0.717, 1.165) is 64.2 Å². The summed E-state index contributed by atoms with van der Waals surface area (Å²) in [5.41, 5.74) is 0. The molecule has 2 rings (SSSR count). The fraction of sp³-hybridized carbons (Fsp3) is 0.754. The van der Waals surface area contributed by atoms with Gasteiger partial charge in [-0.3, -0.25) is 9.59 Å². The average molecular weight is 1020 g/mol. The summed E-state index contributed by atoms with van der Waals surface area (Å²) < 4.78 is 33.5. The topological polar surface area (TPSA) is 231 Å². The highest BCUT2D eigenvalue weighted by atomic mass is 16.7. The minimum Gasteiger partial charge on any atom is -0.462 e. The van der Waals surface area contributed by atoms with Crippen LogP contribution in [0.3, 0.4) is 0 Å². The molecule has 0 aromatic heterocycles. The summed E-state index contributed by atoms with van der Waals surface area (Å²) in [7, 11) is 0. The van der Waals surface area contributed by atoms with E-state index < -0.39 is 99.3 Å². The van der Waals surface area contributed by atoms with Crippen LogP contribution in [0.15, 0.2) is 72.9 Å². The van der Waals surface area contributed by atoms with Gasteiger partial charge in [0.2, 0.25) is 0 Å². The Morgan fingerprint density at radius 3 is 1.44 bits per heavy atom. The monoisotopic (exact) mass is 1020 g/mol. The highest BCUT2D eigenvalue weighted by Crippen LogP contribution is 2.26. The molecule has 0 bridgehead atoms. The Morgan fingerprint density at radius 2 is 0.889 bits per heavy atom. The number of hydrogen-bond donors (Lipinski definition) is 7. The molecule has 414 valence electrons. The van der Waals surface area contributed by atoms with Gasteiger partial charge in [-0.15, -0.1) is 0 Å². The molecule has 0 aromatic rings. The van der Waals surface area contributed by atoms with E-state index in [1.165, 1.54) is 70.6 Å². The van der Waals surface area contributed by atoms with Gasteiger partial charge in [-0.1, -0.05) is 164 Å². The molecule has 11 atom stereocenters. The Morgan fingerprint density at radius 1 is 0.458 bits per heavy atom. The SMILES string of the molecule is CCCCCC/C=C/C=C/CCCCCCCC(=O)OC[C@H](CO[C@H]1O[C@@H](CO[C@H]2O[C@@H](CO)[C@@H](O)C(O)C2O)[C@@H](O)C(O)C1O)OC(=O)CCC/C=C/C/C=C/C/C=C/C/C=C/CCCCCCCCC. The molecule has 0 aromatic carbocycles. The summed E-state index contributed by atoms with van der Waals surface area (Å²) in [4.78, 5) is 25.8. The van der Waals surface area contributed by atoms with E-state index >= 15 is 0 Å². The minimum absolute atomic E-state index is 0.0827. The number of carbonyl (C=O) groups excluding carboxylic acids is 2. The van der Waals surface area contributed by atoms with Crippen molar-refractivity contribution < 1.29 is 73.8 Å². The van der Waals surface area contributed by atoms with Gasteiger partial charge in [0.25, 0.3) is 0 Å². The number of esters is 2. The fourth-order valence-corrected chi connectivity index (χ4v) is 8.14. The lowest BCUT2D eigenvalue weighted by Crippen LogP contribution is -2.61. The van der Waals surface area contributed by atoms with Crippen LogP contribution in [0.5, 0.6) is 0 Å². The van der Waals surface area contributed by atoms with Gasteiger partial charge in [0, 0.05) is 12.8 Å². The molecule has 2 fully saturated rings. The number of aliphatic hydroxyl groups excluding tert-OH is 7. The van der Waals surface area contributed by atoms with E-state index in [-0.39, 0.29) is 19.4 Å². The largest absolute Gasteiger partial charge is 0.462 e. The summed E-state index contributed by atoms with van der Waals surface area (Å²) in [6.07, 6.45) is 35.0. The fourth-order valence-electron chi connectivity index (χ4n) is 8.14. The van der Waals surface area contributed by atoms with Crippen LogP contribution in [0, 0.1) is 0 Å². The summed E-state index contributed by atoms with van der Waals surface area (Å²) in [6.45, 7) is 2.49. The summed E-state index contributed by atoms with van der Waals surface area (Å²) >= 11 is 0. The van der Waals surface area contributed by atoms with Gasteiger partial charge >= 0.3 is 11.9 Å². The highest BCUT2D eigenvalue weighted by Gasteiger charge is 2.47. The van der Waals surface area contributed by atoms with Crippen molar-refractivity contribution in [1.82, 2.24) is 0 Å². The predicted molar refractivity (Wildman–Crippen MR) is 279 cm³/mol. The molecule has 0 amide bonds. The molecule has 72 heavy (non-hydrogen) atoms. The van der Waals surface area contributed by atoms with Crippen molar-refractivity contribution in [2.24, 2.45) is 0 Å². The van der Waals surface area contributed by atoms with Crippen LogP contribution >= 0.6 is 0 Å². The second-order valence-electron chi connectivity index (χ2n) is 19.1. The van der Waals surface area contributed by atoms with E-state index in [4.69, 9.17) is 28.4 Å². The van der Waals surface area contributed by atoms with E-state index in [0.29, 0.717) is 19.3 Å². The molecule has 0 radical (unpaired) electrons. The maximum Gasteiger partial charge on any atom is 0.306 e. The van der Waals surface area contributed by atoms with Crippen LogP contribution in [0.4, 0.5) is 0 Å². The first kappa shape index (κ1) is 65.1. The van der Waals surface area contributed by atoms with Crippen molar-refractivity contribution in [3.63, 3.8) is 0 Å². The maximum absolute atomic E-state index is 13.0. The molecule has 0 spiro atoms. The first-order chi connectivity index (χ1) is 35.0. The second-order valence-corrected chi connectivity index (χ2v) is 19.1. The molecule has 2 saturated heterocycles. The third kappa shape index (κ3) is 30.3. The zero-order valence-electron chi connectivity index (χ0n) is 43.9. The number of rotatable bonds is 42. The quantitative estimate of drug-likeness (QED) is 0.0131. The van der Waals surface area contributed by atoms with Crippen molar-refractivity contribution >= 4 is 11.9 Å². The second kappa shape index (κ2) is 43.2. The molecule has 4 unspecified atom stereocenters. The zero-order valence-corrected chi connectivity index (χ0v) is 43.9. The third-order valence-electron chi connectivity index (χ3n) is 12.7. The number of ether oxygens (including phenoxy) is 6. The Labute approximate surface area is 432 Å². The van der Waals surface area contributed by atoms with Gasteiger partial charge in [-0.05, 0) is 77.0 Å². The molecule has 2 heterocycles. The smallest absolute Gasteiger partial charge is 0.306 e. The number of aliphatic hydroxyl groups is 7. The Hall–Kier alpha value is -3.06. The van der Waals surface area contributed by atoms with Gasteiger partial charge in [-0.25, -0.2) is 0 Å². The summed E-state index contributed by atoms with van der Waals surface area (Å²) in [6, 6.07) is 0. The highest BCUT2D eigenvalue weighted by molar-refractivity contribution is 5.70. The third-order valence-corrected chi connectivity index (χ3v) is 12.7. The Balaban J connectivity index is 1.82. The Bertz CT molecular complexity index is 1530. The maximum atomic E-state index is 13.0. The van der Waals surface area contributed by atoms with Gasteiger partial charge in [0.1, 0.15) is 55.4 Å². The summed E-state index contributed by atoms with van der Waals surface area (Å²) in [5.74, 6) is -1.01. The van der Waals surface area contributed by atoms with Crippen LogP contribution in [-0.2, 0) is 38.0 Å². The lowest BCUT2D eigenvalue weighted by atomic mass is 9.98. The van der Waals surface area contributed by atoms with E-state index in [2.05, 4.69) is 74.6 Å². The average Bonchev–Trinajstić information content (AvgIpc) is 3.37. The lowest BCUT2D eigenvalue weighted by Gasteiger charge is -2.42. The molecule has 7 N–H and O–H groups in total. The van der Waals surface area contributed by atoms with Crippen molar-refractivity contribution in [2.45, 2.75) is 248 Å². The van der Waals surface area contributed by atoms with Crippen molar-refractivity contribution in [3.05, 3.63) is 72.9 Å². The van der Waals surface area contributed by atoms with Crippen LogP contribution in [-0.4, -0.2) is 142 Å². The normalized spacial score (nSPS) is 25.6. The first-order valence-electron chi connectivity index (χ1n) is 27.5.